The molecule has 0 saturated carbocycles. The largest absolute Gasteiger partial charge is 0.382 e. The number of ether oxygens (including phenoxy) is 3. The van der Waals surface area contributed by atoms with E-state index in [4.69, 9.17) is 19.9 Å². The van der Waals surface area contributed by atoms with Gasteiger partial charge < -0.3 is 19.9 Å². The fourth-order valence-electron chi connectivity index (χ4n) is 3.94. The second-order valence-electron chi connectivity index (χ2n) is 7.85. The summed E-state index contributed by atoms with van der Waals surface area (Å²) >= 11 is 0. The van der Waals surface area contributed by atoms with Crippen molar-refractivity contribution in [3.8, 4) is 0 Å². The van der Waals surface area contributed by atoms with Crippen LogP contribution in [-0.4, -0.2) is 44.5 Å². The van der Waals surface area contributed by atoms with Gasteiger partial charge in [0.2, 0.25) is 0 Å². The summed E-state index contributed by atoms with van der Waals surface area (Å²) in [6, 6.07) is 19.4. The fraction of sp³-hybridized carbons (Fsp3) is 0.292. The zero-order valence-electron chi connectivity index (χ0n) is 17.8. The summed E-state index contributed by atoms with van der Waals surface area (Å²) in [5, 5.41) is 0. The van der Waals surface area contributed by atoms with Gasteiger partial charge in [-0.1, -0.05) is 60.7 Å². The molecule has 33 heavy (non-hydrogen) atoms. The molecule has 2 N–H and O–H groups in total. The number of rotatable bonds is 8. The van der Waals surface area contributed by atoms with Crippen molar-refractivity contribution < 1.29 is 18.6 Å². The Kier molecular flexibility index (Phi) is 6.25. The number of nitrogens with two attached hydrogens (primary N) is 1. The predicted octanol–water partition coefficient (Wildman–Crippen LogP) is 3.45. The molecule has 0 bridgehead atoms. The van der Waals surface area contributed by atoms with Crippen molar-refractivity contribution in [2.24, 2.45) is 0 Å². The standard InChI is InChI=1S/C24H24FN5O3/c25-19-21(32-12-17-9-5-2-6-10-17)18(13-31-11-16-7-3-1-4-8-16)33-24(19)30-15-29-20-22(26)27-14-28-23(20)30/h1-10,14-15,18-19,21,24H,11-13H2,(H2,26,27,28)/t18-,19+,21-,24-/m1/s1. The summed E-state index contributed by atoms with van der Waals surface area (Å²) in [5.74, 6) is 0.228. The molecule has 0 radical (unpaired) electrons. The minimum atomic E-state index is -1.47. The topological polar surface area (TPSA) is 97.3 Å². The van der Waals surface area contributed by atoms with E-state index in [9.17, 15) is 0 Å². The molecule has 1 aliphatic heterocycles. The SMILES string of the molecule is Nc1ncnc2c1ncn2[C@@H]1O[C@H](COCc2ccccc2)[C@@H](OCc2ccccc2)[C@@H]1F. The maximum atomic E-state index is 15.7. The van der Waals surface area contributed by atoms with Crippen LogP contribution in [0.2, 0.25) is 0 Å². The Bertz CT molecular complexity index is 1190. The summed E-state index contributed by atoms with van der Waals surface area (Å²) in [5.41, 5.74) is 8.67. The first-order chi connectivity index (χ1) is 16.2. The molecule has 2 aromatic carbocycles. The van der Waals surface area contributed by atoms with Crippen LogP contribution < -0.4 is 5.73 Å². The molecule has 1 aliphatic rings. The predicted molar refractivity (Wildman–Crippen MR) is 120 cm³/mol. The van der Waals surface area contributed by atoms with E-state index < -0.39 is 24.6 Å². The van der Waals surface area contributed by atoms with Crippen molar-refractivity contribution in [1.29, 1.82) is 0 Å². The zero-order valence-corrected chi connectivity index (χ0v) is 17.8. The number of benzene rings is 2. The Morgan fingerprint density at radius 1 is 0.939 bits per heavy atom. The highest BCUT2D eigenvalue weighted by Gasteiger charge is 2.47. The van der Waals surface area contributed by atoms with Gasteiger partial charge in [0.15, 0.2) is 23.9 Å². The highest BCUT2D eigenvalue weighted by Crippen LogP contribution is 2.36. The van der Waals surface area contributed by atoms with Crippen LogP contribution in [0.3, 0.4) is 0 Å². The van der Waals surface area contributed by atoms with Gasteiger partial charge in [-0.2, -0.15) is 0 Å². The number of halogens is 1. The lowest BCUT2D eigenvalue weighted by molar-refractivity contribution is -0.0819. The van der Waals surface area contributed by atoms with Crippen LogP contribution in [0.1, 0.15) is 17.4 Å². The van der Waals surface area contributed by atoms with E-state index in [1.54, 1.807) is 0 Å². The first-order valence-corrected chi connectivity index (χ1v) is 10.7. The molecule has 2 aromatic heterocycles. The fourth-order valence-corrected chi connectivity index (χ4v) is 3.94. The number of hydrogen-bond acceptors (Lipinski definition) is 7. The molecule has 4 atom stereocenters. The minimum Gasteiger partial charge on any atom is -0.382 e. The molecule has 1 fully saturated rings. The van der Waals surface area contributed by atoms with Crippen molar-refractivity contribution in [3.63, 3.8) is 0 Å². The van der Waals surface area contributed by atoms with Gasteiger partial charge in [-0.25, -0.2) is 19.3 Å². The molecule has 0 aliphatic carbocycles. The average molecular weight is 449 g/mol. The molecule has 0 unspecified atom stereocenters. The third kappa shape index (κ3) is 4.56. The third-order valence-corrected chi connectivity index (χ3v) is 5.61. The summed E-state index contributed by atoms with van der Waals surface area (Å²) in [6.45, 7) is 0.831. The molecule has 9 heteroatoms. The molecule has 0 spiro atoms. The Morgan fingerprint density at radius 3 is 2.36 bits per heavy atom. The van der Waals surface area contributed by atoms with Gasteiger partial charge in [0, 0.05) is 0 Å². The summed E-state index contributed by atoms with van der Waals surface area (Å²) in [7, 11) is 0. The van der Waals surface area contributed by atoms with Gasteiger partial charge in [-0.05, 0) is 11.1 Å². The van der Waals surface area contributed by atoms with Crippen molar-refractivity contribution in [2.75, 3.05) is 12.3 Å². The quantitative estimate of drug-likeness (QED) is 0.440. The van der Waals surface area contributed by atoms with E-state index in [1.807, 2.05) is 60.7 Å². The molecule has 3 heterocycles. The van der Waals surface area contributed by atoms with Crippen molar-refractivity contribution >= 4 is 17.0 Å². The van der Waals surface area contributed by atoms with E-state index in [1.165, 1.54) is 17.2 Å². The van der Waals surface area contributed by atoms with Crippen LogP contribution in [0.4, 0.5) is 10.2 Å². The van der Waals surface area contributed by atoms with Gasteiger partial charge in [0.25, 0.3) is 0 Å². The molecule has 0 amide bonds. The lowest BCUT2D eigenvalue weighted by Gasteiger charge is -2.20. The van der Waals surface area contributed by atoms with Crippen LogP contribution in [0.25, 0.3) is 11.2 Å². The van der Waals surface area contributed by atoms with E-state index in [0.717, 1.165) is 11.1 Å². The van der Waals surface area contributed by atoms with Gasteiger partial charge in [0.1, 0.15) is 24.1 Å². The second-order valence-corrected chi connectivity index (χ2v) is 7.85. The van der Waals surface area contributed by atoms with Crippen molar-refractivity contribution in [3.05, 3.63) is 84.4 Å². The van der Waals surface area contributed by atoms with Gasteiger partial charge in [-0.3, -0.25) is 4.57 Å². The van der Waals surface area contributed by atoms with Gasteiger partial charge >= 0.3 is 0 Å². The molecule has 170 valence electrons. The maximum Gasteiger partial charge on any atom is 0.174 e. The number of hydrogen-bond donors (Lipinski definition) is 1. The van der Waals surface area contributed by atoms with Crippen molar-refractivity contribution in [2.45, 2.75) is 37.8 Å². The van der Waals surface area contributed by atoms with Gasteiger partial charge in [-0.15, -0.1) is 0 Å². The lowest BCUT2D eigenvalue weighted by Crippen LogP contribution is -2.34. The van der Waals surface area contributed by atoms with Crippen LogP contribution >= 0.6 is 0 Å². The van der Waals surface area contributed by atoms with E-state index >= 15 is 4.39 Å². The molecule has 8 nitrogen and oxygen atoms in total. The van der Waals surface area contributed by atoms with Gasteiger partial charge in [0.05, 0.1) is 26.1 Å². The van der Waals surface area contributed by atoms with E-state index in [2.05, 4.69) is 15.0 Å². The minimum absolute atomic E-state index is 0.176. The average Bonchev–Trinajstić information content (AvgIpc) is 3.41. The number of alkyl halides is 1. The Balaban J connectivity index is 1.35. The Hall–Kier alpha value is -3.40. The molecule has 5 rings (SSSR count). The van der Waals surface area contributed by atoms with Crippen LogP contribution in [-0.2, 0) is 27.4 Å². The number of aromatic nitrogens is 4. The number of anilines is 1. The Labute approximate surface area is 190 Å². The molecule has 1 saturated heterocycles. The summed E-state index contributed by atoms with van der Waals surface area (Å²) in [4.78, 5) is 12.4. The number of nitrogens with zero attached hydrogens (tertiary/aromatic N) is 4. The summed E-state index contributed by atoms with van der Waals surface area (Å²) in [6.07, 6.45) is -1.10. The number of imidazole rings is 1. The smallest absolute Gasteiger partial charge is 0.174 e. The number of nitrogen functional groups attached to an aromatic ring is 1. The lowest BCUT2D eigenvalue weighted by atomic mass is 10.1. The first-order valence-electron chi connectivity index (χ1n) is 10.7. The van der Waals surface area contributed by atoms with Crippen LogP contribution in [0.5, 0.6) is 0 Å². The highest BCUT2D eigenvalue weighted by atomic mass is 19.1. The molecular formula is C24H24FN5O3. The van der Waals surface area contributed by atoms with Crippen LogP contribution in [0.15, 0.2) is 73.3 Å². The Morgan fingerprint density at radius 2 is 1.64 bits per heavy atom. The third-order valence-electron chi connectivity index (χ3n) is 5.61. The zero-order chi connectivity index (χ0) is 22.6. The monoisotopic (exact) mass is 449 g/mol. The normalized spacial score (nSPS) is 22.7. The maximum absolute atomic E-state index is 15.7. The summed E-state index contributed by atoms with van der Waals surface area (Å²) < 4.78 is 35.2. The van der Waals surface area contributed by atoms with E-state index in [-0.39, 0.29) is 19.0 Å². The van der Waals surface area contributed by atoms with E-state index in [0.29, 0.717) is 17.8 Å². The first kappa shape index (κ1) is 21.4. The highest BCUT2D eigenvalue weighted by molar-refractivity contribution is 5.81. The van der Waals surface area contributed by atoms with Crippen molar-refractivity contribution in [1.82, 2.24) is 19.5 Å². The second kappa shape index (κ2) is 9.62. The molecule has 4 aromatic rings. The molecular weight excluding hydrogens is 425 g/mol. The van der Waals surface area contributed by atoms with Crippen LogP contribution in [0, 0.1) is 0 Å². The number of fused-ring (bicyclic) bond motifs is 1.